The molecule has 2 aromatic heterocycles. The summed E-state index contributed by atoms with van der Waals surface area (Å²) in [5, 5.41) is 14.5. The molecule has 9 heteroatoms. The predicted octanol–water partition coefficient (Wildman–Crippen LogP) is 3.19. The first-order chi connectivity index (χ1) is 15.4. The van der Waals surface area contributed by atoms with Crippen molar-refractivity contribution in [3.8, 4) is 5.69 Å². The number of benzene rings is 2. The van der Waals surface area contributed by atoms with Crippen molar-refractivity contribution in [3.63, 3.8) is 0 Å². The fourth-order valence-corrected chi connectivity index (χ4v) is 5.18. The van der Waals surface area contributed by atoms with Crippen molar-refractivity contribution in [2.24, 2.45) is 0 Å². The van der Waals surface area contributed by atoms with Gasteiger partial charge in [-0.3, -0.25) is 4.98 Å². The molecule has 1 aliphatic rings. The lowest BCUT2D eigenvalue weighted by Gasteiger charge is -2.16. The van der Waals surface area contributed by atoms with Gasteiger partial charge in [0, 0.05) is 25.4 Å². The average Bonchev–Trinajstić information content (AvgIpc) is 3.45. The summed E-state index contributed by atoms with van der Waals surface area (Å²) in [6, 6.07) is 18.1. The molecular weight excluding hydrogens is 431 g/mol. The molecule has 3 heterocycles. The van der Waals surface area contributed by atoms with E-state index < -0.39 is 22.1 Å². The number of fused-ring (bicyclic) bond motifs is 1. The van der Waals surface area contributed by atoms with E-state index in [0.717, 1.165) is 21.4 Å². The van der Waals surface area contributed by atoms with Crippen LogP contribution in [0.3, 0.4) is 0 Å². The Kier molecular flexibility index (Phi) is 5.09. The number of sulfonamides is 1. The number of pyridine rings is 1. The molecule has 4 aromatic rings. The molecule has 1 aliphatic heterocycles. The van der Waals surface area contributed by atoms with Gasteiger partial charge in [0.05, 0.1) is 22.5 Å². The maximum atomic E-state index is 13.7. The van der Waals surface area contributed by atoms with E-state index in [1.54, 1.807) is 12.3 Å². The summed E-state index contributed by atoms with van der Waals surface area (Å²) < 4.78 is 42.5. The molecule has 0 amide bonds. The Morgan fingerprint density at radius 3 is 2.38 bits per heavy atom. The van der Waals surface area contributed by atoms with Gasteiger partial charge in [-0.1, -0.05) is 30.3 Å². The van der Waals surface area contributed by atoms with Crippen molar-refractivity contribution in [1.82, 2.24) is 19.1 Å². The highest BCUT2D eigenvalue weighted by molar-refractivity contribution is 7.89. The number of nitrogens with zero attached hydrogens (tertiary/aromatic N) is 4. The van der Waals surface area contributed by atoms with E-state index in [1.807, 2.05) is 30.3 Å². The van der Waals surface area contributed by atoms with Crippen LogP contribution in [0.15, 0.2) is 84.0 Å². The van der Waals surface area contributed by atoms with Gasteiger partial charge >= 0.3 is 0 Å². The van der Waals surface area contributed by atoms with Crippen LogP contribution in [0.25, 0.3) is 5.69 Å². The number of aliphatic hydroxyl groups excluding tert-OH is 1. The van der Waals surface area contributed by atoms with Gasteiger partial charge in [-0.25, -0.2) is 13.1 Å². The Bertz CT molecular complexity index is 1370. The van der Waals surface area contributed by atoms with Crippen LogP contribution in [-0.2, 0) is 23.1 Å². The third kappa shape index (κ3) is 3.60. The molecule has 0 fully saturated rings. The first kappa shape index (κ1) is 20.5. The Morgan fingerprint density at radius 1 is 0.969 bits per heavy atom. The summed E-state index contributed by atoms with van der Waals surface area (Å²) in [6.45, 7) is 0.381. The van der Waals surface area contributed by atoms with Gasteiger partial charge in [-0.15, -0.1) is 0 Å². The Balaban J connectivity index is 1.37. The van der Waals surface area contributed by atoms with Crippen LogP contribution in [0, 0.1) is 5.95 Å². The molecule has 0 spiro atoms. The van der Waals surface area contributed by atoms with E-state index in [9.17, 15) is 17.9 Å². The van der Waals surface area contributed by atoms with Crippen LogP contribution in [0.4, 0.5) is 4.39 Å². The minimum Gasteiger partial charge on any atom is -0.382 e. The quantitative estimate of drug-likeness (QED) is 0.505. The van der Waals surface area contributed by atoms with Gasteiger partial charge in [0.25, 0.3) is 0 Å². The summed E-state index contributed by atoms with van der Waals surface area (Å²) in [5.74, 6) is -0.531. The van der Waals surface area contributed by atoms with E-state index in [2.05, 4.69) is 10.1 Å². The molecule has 0 saturated heterocycles. The van der Waals surface area contributed by atoms with E-state index in [0.29, 0.717) is 11.4 Å². The third-order valence-corrected chi connectivity index (χ3v) is 7.31. The largest absolute Gasteiger partial charge is 0.382 e. The number of hydrogen-bond acceptors (Lipinski definition) is 5. The molecule has 5 rings (SSSR count). The third-order valence-electron chi connectivity index (χ3n) is 5.51. The summed E-state index contributed by atoms with van der Waals surface area (Å²) in [5.41, 5.74) is 3.23. The zero-order valence-electron chi connectivity index (χ0n) is 16.8. The lowest BCUT2D eigenvalue weighted by molar-refractivity contribution is 0.215. The molecule has 162 valence electrons. The van der Waals surface area contributed by atoms with Crippen molar-refractivity contribution in [2.45, 2.75) is 24.1 Å². The molecule has 1 atom stereocenters. The van der Waals surface area contributed by atoms with Crippen LogP contribution in [0.1, 0.15) is 28.5 Å². The predicted molar refractivity (Wildman–Crippen MR) is 115 cm³/mol. The molecule has 0 saturated carbocycles. The highest BCUT2D eigenvalue weighted by Gasteiger charge is 2.31. The molecule has 2 aromatic carbocycles. The first-order valence-electron chi connectivity index (χ1n) is 9.94. The van der Waals surface area contributed by atoms with Crippen LogP contribution in [0.5, 0.6) is 0 Å². The van der Waals surface area contributed by atoms with Crippen molar-refractivity contribution >= 4 is 10.0 Å². The monoisotopic (exact) mass is 450 g/mol. The van der Waals surface area contributed by atoms with Crippen LogP contribution in [-0.4, -0.2) is 32.6 Å². The molecule has 0 aliphatic carbocycles. The fraction of sp³-hybridized carbons (Fsp3) is 0.130. The number of aliphatic hydroxyl groups is 1. The van der Waals surface area contributed by atoms with E-state index >= 15 is 0 Å². The topological polar surface area (TPSA) is 88.3 Å². The van der Waals surface area contributed by atoms with Crippen molar-refractivity contribution < 1.29 is 17.9 Å². The summed E-state index contributed by atoms with van der Waals surface area (Å²) in [6.07, 6.45) is 2.07. The lowest BCUT2D eigenvalue weighted by atomic mass is 10.0. The second-order valence-corrected chi connectivity index (χ2v) is 9.46. The lowest BCUT2D eigenvalue weighted by Crippen LogP contribution is -2.25. The molecule has 32 heavy (non-hydrogen) atoms. The van der Waals surface area contributed by atoms with Crippen molar-refractivity contribution in [2.75, 3.05) is 0 Å². The Morgan fingerprint density at radius 2 is 1.69 bits per heavy atom. The normalized spacial score (nSPS) is 14.9. The SMILES string of the molecule is O=S(=O)(c1ccc(-n2nccc2F)cc1)N1Cc2cnc(C(O)c3ccccc3)cc2C1. The molecule has 1 N–H and O–H groups in total. The van der Waals surface area contributed by atoms with Gasteiger partial charge in [-0.05, 0) is 47.0 Å². The average molecular weight is 450 g/mol. The zero-order valence-corrected chi connectivity index (χ0v) is 17.7. The van der Waals surface area contributed by atoms with Gasteiger partial charge in [0.15, 0.2) is 0 Å². The minimum absolute atomic E-state index is 0.110. The maximum Gasteiger partial charge on any atom is 0.243 e. The van der Waals surface area contributed by atoms with Crippen LogP contribution in [0.2, 0.25) is 0 Å². The second kappa shape index (κ2) is 7.94. The number of aromatic nitrogens is 3. The summed E-state index contributed by atoms with van der Waals surface area (Å²) in [7, 11) is -3.77. The van der Waals surface area contributed by atoms with Gasteiger partial charge < -0.3 is 5.11 Å². The van der Waals surface area contributed by atoms with Gasteiger partial charge in [0.2, 0.25) is 16.0 Å². The number of halogens is 1. The van der Waals surface area contributed by atoms with E-state index in [4.69, 9.17) is 0 Å². The smallest absolute Gasteiger partial charge is 0.243 e. The molecular formula is C23H19FN4O3S. The number of rotatable bonds is 5. The van der Waals surface area contributed by atoms with Crippen molar-refractivity contribution in [3.05, 3.63) is 107 Å². The maximum absolute atomic E-state index is 13.7. The fourth-order valence-electron chi connectivity index (χ4n) is 3.78. The Labute approximate surface area is 184 Å². The van der Waals surface area contributed by atoms with Gasteiger partial charge in [-0.2, -0.15) is 13.8 Å². The van der Waals surface area contributed by atoms with Crippen molar-refractivity contribution in [1.29, 1.82) is 0 Å². The van der Waals surface area contributed by atoms with E-state index in [1.165, 1.54) is 40.8 Å². The van der Waals surface area contributed by atoms with Crippen LogP contribution >= 0.6 is 0 Å². The van der Waals surface area contributed by atoms with E-state index in [-0.39, 0.29) is 18.0 Å². The summed E-state index contributed by atoms with van der Waals surface area (Å²) in [4.78, 5) is 4.46. The highest BCUT2D eigenvalue weighted by Crippen LogP contribution is 2.31. The van der Waals surface area contributed by atoms with Gasteiger partial charge in [0.1, 0.15) is 6.10 Å². The molecule has 7 nitrogen and oxygen atoms in total. The molecule has 0 radical (unpaired) electrons. The van der Waals surface area contributed by atoms with Crippen LogP contribution < -0.4 is 0 Å². The standard InChI is InChI=1S/C23H19FN4O3S/c24-22-10-11-26-28(22)19-6-8-20(9-7-19)32(30,31)27-14-17-12-21(25-13-18(17)15-27)23(29)16-4-2-1-3-5-16/h1-13,23,29H,14-15H2. The zero-order chi connectivity index (χ0) is 22.3. The minimum atomic E-state index is -3.77. The Hall–Kier alpha value is -3.40. The number of hydrogen-bond donors (Lipinski definition) is 1. The summed E-state index contributed by atoms with van der Waals surface area (Å²) >= 11 is 0. The highest BCUT2D eigenvalue weighted by atomic mass is 32.2. The first-order valence-corrected chi connectivity index (χ1v) is 11.4. The molecule has 1 unspecified atom stereocenters. The molecule has 0 bridgehead atoms. The second-order valence-electron chi connectivity index (χ2n) is 7.52.